The van der Waals surface area contributed by atoms with Crippen LogP contribution in [-0.2, 0) is 19.1 Å². The van der Waals surface area contributed by atoms with Crippen LogP contribution in [0.25, 0.3) is 5.76 Å². The van der Waals surface area contributed by atoms with Gasteiger partial charge >= 0.3 is 17.7 Å². The molecular formula is C12H14NO5+. The molecule has 0 amide bonds. The first-order valence-corrected chi connectivity index (χ1v) is 5.09. The number of hydrogen-bond donors (Lipinski definition) is 1. The van der Waals surface area contributed by atoms with Gasteiger partial charge in [0.1, 0.15) is 0 Å². The van der Waals surface area contributed by atoms with E-state index in [1.165, 1.54) is 37.8 Å². The molecular weight excluding hydrogens is 238 g/mol. The number of pyridine rings is 1. The molecule has 0 saturated heterocycles. The number of esters is 2. The van der Waals surface area contributed by atoms with Gasteiger partial charge in [-0.25, -0.2) is 9.59 Å². The van der Waals surface area contributed by atoms with Gasteiger partial charge in [0, 0.05) is 17.4 Å². The molecule has 0 aliphatic heterocycles. The monoisotopic (exact) mass is 252 g/mol. The Morgan fingerprint density at radius 1 is 1.11 bits per heavy atom. The summed E-state index contributed by atoms with van der Waals surface area (Å²) in [7, 11) is 2.34. The van der Waals surface area contributed by atoms with Crippen molar-refractivity contribution in [2.75, 3.05) is 14.2 Å². The van der Waals surface area contributed by atoms with E-state index in [-0.39, 0.29) is 11.5 Å². The van der Waals surface area contributed by atoms with Crippen molar-refractivity contribution in [3.05, 3.63) is 35.5 Å². The number of ether oxygens (including phenoxy) is 2. The van der Waals surface area contributed by atoms with Crippen LogP contribution in [0.2, 0.25) is 0 Å². The first-order chi connectivity index (χ1) is 8.51. The maximum atomic E-state index is 11.5. The highest BCUT2D eigenvalue weighted by Gasteiger charge is 2.30. The van der Waals surface area contributed by atoms with E-state index in [9.17, 15) is 14.7 Å². The Balaban J connectivity index is 3.50. The van der Waals surface area contributed by atoms with Crippen LogP contribution in [0.4, 0.5) is 0 Å². The van der Waals surface area contributed by atoms with Crippen LogP contribution in [-0.4, -0.2) is 31.3 Å². The molecule has 6 nitrogen and oxygen atoms in total. The summed E-state index contributed by atoms with van der Waals surface area (Å²) in [5, 5.41) is 9.86. The maximum absolute atomic E-state index is 11.5. The average molecular weight is 252 g/mol. The zero-order chi connectivity index (χ0) is 13.7. The van der Waals surface area contributed by atoms with E-state index in [0.29, 0.717) is 5.22 Å². The number of aromatic nitrogens is 1. The zero-order valence-corrected chi connectivity index (χ0v) is 10.3. The SMILES string of the molecule is COC(=O)C(C(=O)OC)=[n+]1ccc(=C(C)O)cc1. The lowest BCUT2D eigenvalue weighted by Crippen LogP contribution is -2.34. The van der Waals surface area contributed by atoms with E-state index in [0.717, 1.165) is 0 Å². The Bertz CT molecular complexity index is 545. The quantitative estimate of drug-likeness (QED) is 0.431. The molecule has 0 radical (unpaired) electrons. The maximum Gasteiger partial charge on any atom is 0.411 e. The van der Waals surface area contributed by atoms with E-state index < -0.39 is 11.9 Å². The number of hydrogen-bond acceptors (Lipinski definition) is 5. The Morgan fingerprint density at radius 3 is 1.89 bits per heavy atom. The second-order valence-electron chi connectivity index (χ2n) is 3.41. The second kappa shape index (κ2) is 5.81. The first kappa shape index (κ1) is 13.7. The minimum Gasteiger partial charge on any atom is -0.512 e. The molecule has 96 valence electrons. The topological polar surface area (TPSA) is 78.7 Å². The molecule has 0 spiro atoms. The van der Waals surface area contributed by atoms with Crippen molar-refractivity contribution in [1.82, 2.24) is 0 Å². The number of carbonyl (C=O) groups excluding carboxylic acids is 2. The summed E-state index contributed by atoms with van der Waals surface area (Å²) >= 11 is 0. The molecule has 0 saturated carbocycles. The van der Waals surface area contributed by atoms with Crippen LogP contribution < -0.4 is 9.46 Å². The van der Waals surface area contributed by atoms with Crippen molar-refractivity contribution in [3.8, 4) is 0 Å². The number of methoxy groups -OCH3 is 2. The van der Waals surface area contributed by atoms with Crippen molar-refractivity contribution in [1.29, 1.82) is 0 Å². The molecule has 0 bridgehead atoms. The van der Waals surface area contributed by atoms with Crippen molar-refractivity contribution < 1.29 is 28.4 Å². The van der Waals surface area contributed by atoms with Crippen molar-refractivity contribution in [2.24, 2.45) is 0 Å². The molecule has 1 N–H and O–H groups in total. The van der Waals surface area contributed by atoms with Crippen molar-refractivity contribution in [3.63, 3.8) is 0 Å². The Morgan fingerprint density at radius 2 is 1.56 bits per heavy atom. The highest BCUT2D eigenvalue weighted by molar-refractivity contribution is 6.05. The fraction of sp³-hybridized carbons (Fsp3) is 0.250. The molecule has 6 heteroatoms. The highest BCUT2D eigenvalue weighted by Crippen LogP contribution is 1.92. The van der Waals surface area contributed by atoms with Gasteiger partial charge < -0.3 is 14.6 Å². The number of nitrogens with zero attached hydrogens (tertiary/aromatic N) is 1. The van der Waals surface area contributed by atoms with Gasteiger partial charge in [0.25, 0.3) is 0 Å². The molecule has 0 aromatic carbocycles. The van der Waals surface area contributed by atoms with Gasteiger partial charge in [0.2, 0.25) is 0 Å². The molecule has 1 rings (SSSR count). The van der Waals surface area contributed by atoms with Crippen LogP contribution >= 0.6 is 0 Å². The molecule has 18 heavy (non-hydrogen) atoms. The third-order valence-electron chi connectivity index (χ3n) is 2.26. The standard InChI is InChI=1S/C12H13NO5/c1-8(14)9-4-6-13(7-5-9)10(11(15)17-2)12(16)18-3/h4-7H,1-3H3/p+1. The molecule has 0 fully saturated rings. The molecule has 0 unspecified atom stereocenters. The van der Waals surface area contributed by atoms with Gasteiger partial charge in [-0.1, -0.05) is 0 Å². The number of aliphatic hydroxyl groups is 1. The summed E-state index contributed by atoms with van der Waals surface area (Å²) in [4.78, 5) is 23.0. The van der Waals surface area contributed by atoms with Crippen LogP contribution in [0.3, 0.4) is 0 Å². The molecule has 0 aliphatic rings. The Labute approximate surface area is 103 Å². The van der Waals surface area contributed by atoms with E-state index >= 15 is 0 Å². The zero-order valence-electron chi connectivity index (χ0n) is 10.3. The third-order valence-corrected chi connectivity index (χ3v) is 2.26. The van der Waals surface area contributed by atoms with Gasteiger partial charge in [0.05, 0.1) is 20.0 Å². The summed E-state index contributed by atoms with van der Waals surface area (Å²) in [6, 6.07) is 3.11. The Hall–Kier alpha value is -2.37. The van der Waals surface area contributed by atoms with Crippen LogP contribution in [0.1, 0.15) is 6.92 Å². The lowest BCUT2D eigenvalue weighted by atomic mass is 10.3. The largest absolute Gasteiger partial charge is 0.512 e. The van der Waals surface area contributed by atoms with Gasteiger partial charge in [-0.05, 0) is 6.92 Å². The summed E-state index contributed by atoms with van der Waals surface area (Å²) in [5.74, 6) is -1.46. The Kier molecular flexibility index (Phi) is 4.42. The van der Waals surface area contributed by atoms with E-state index in [4.69, 9.17) is 0 Å². The molecule has 0 aliphatic carbocycles. The van der Waals surface area contributed by atoms with Crippen molar-refractivity contribution in [2.45, 2.75) is 6.92 Å². The summed E-state index contributed by atoms with van der Waals surface area (Å²) in [5.41, 5.74) is -0.262. The lowest BCUT2D eigenvalue weighted by molar-refractivity contribution is -0.517. The predicted octanol–water partition coefficient (Wildman–Crippen LogP) is -0.614. The van der Waals surface area contributed by atoms with Gasteiger partial charge in [0.15, 0.2) is 12.4 Å². The molecule has 1 heterocycles. The van der Waals surface area contributed by atoms with E-state index in [2.05, 4.69) is 9.47 Å². The van der Waals surface area contributed by atoms with Crippen LogP contribution in [0, 0.1) is 5.71 Å². The van der Waals surface area contributed by atoms with Crippen molar-refractivity contribution >= 4 is 17.7 Å². The normalized spacial score (nSPS) is 9.50. The molecule has 1 aromatic heterocycles. The highest BCUT2D eigenvalue weighted by atomic mass is 16.5. The fourth-order valence-electron chi connectivity index (χ4n) is 1.30. The molecule has 0 atom stereocenters. The second-order valence-corrected chi connectivity index (χ2v) is 3.41. The first-order valence-electron chi connectivity index (χ1n) is 5.09. The third kappa shape index (κ3) is 2.85. The minimum atomic E-state index is -0.802. The van der Waals surface area contributed by atoms with Crippen LogP contribution in [0.15, 0.2) is 24.5 Å². The summed E-state index contributed by atoms with van der Waals surface area (Å²) < 4.78 is 10.3. The minimum absolute atomic E-state index is 0.139. The van der Waals surface area contributed by atoms with E-state index in [1.54, 1.807) is 12.1 Å². The van der Waals surface area contributed by atoms with Gasteiger partial charge in [-0.15, -0.1) is 0 Å². The van der Waals surface area contributed by atoms with E-state index in [1.807, 2.05) is 0 Å². The smallest absolute Gasteiger partial charge is 0.411 e. The lowest BCUT2D eigenvalue weighted by Gasteiger charge is -1.97. The number of rotatable bonds is 2. The predicted molar refractivity (Wildman–Crippen MR) is 60.6 cm³/mol. The number of carbonyl (C=O) groups is 2. The average Bonchev–Trinajstić information content (AvgIpc) is 2.39. The van der Waals surface area contributed by atoms with Crippen LogP contribution in [0.5, 0.6) is 0 Å². The van der Waals surface area contributed by atoms with Gasteiger partial charge in [-0.3, -0.25) is 0 Å². The summed E-state index contributed by atoms with van der Waals surface area (Å²) in [6.45, 7) is 1.53. The summed E-state index contributed by atoms with van der Waals surface area (Å²) in [6.07, 6.45) is 2.91. The van der Waals surface area contributed by atoms with Gasteiger partial charge in [-0.2, -0.15) is 4.24 Å². The number of aliphatic hydroxyl groups excluding tert-OH is 1. The fourth-order valence-corrected chi connectivity index (χ4v) is 1.30. The molecule has 1 aromatic rings.